The maximum Gasteiger partial charge on any atom is 0.226 e. The molecule has 138 valence electrons. The van der Waals surface area contributed by atoms with E-state index in [-0.39, 0.29) is 17.6 Å². The van der Waals surface area contributed by atoms with Crippen LogP contribution in [0, 0.1) is 11.8 Å². The van der Waals surface area contributed by atoms with Crippen molar-refractivity contribution in [2.24, 2.45) is 11.8 Å². The predicted octanol–water partition coefficient (Wildman–Crippen LogP) is 1.45. The highest BCUT2D eigenvalue weighted by atomic mass is 16.3. The molecule has 3 fully saturated rings. The molecule has 2 aromatic rings. The van der Waals surface area contributed by atoms with Crippen LogP contribution >= 0.6 is 0 Å². The minimum atomic E-state index is 0.133. The zero-order valence-corrected chi connectivity index (χ0v) is 15.2. The molecule has 1 aromatic heterocycles. The number of phenols is 1. The minimum absolute atomic E-state index is 0.133. The third kappa shape index (κ3) is 3.19. The van der Waals surface area contributed by atoms with Crippen molar-refractivity contribution < 1.29 is 9.90 Å². The second-order valence-corrected chi connectivity index (χ2v) is 7.65. The topological polar surface area (TPSA) is 74.5 Å². The first kappa shape index (κ1) is 17.0. The highest BCUT2D eigenvalue weighted by molar-refractivity contribution is 5.79. The SMILES string of the molecule is CN(C)C(=O)[C@H]1CN2CCC1C[C@@H]2Cn1cc(-c2cccc(O)c2)nn1. The van der Waals surface area contributed by atoms with Gasteiger partial charge < -0.3 is 10.0 Å². The van der Waals surface area contributed by atoms with E-state index in [1.807, 2.05) is 31.0 Å². The Kier molecular flexibility index (Phi) is 4.40. The van der Waals surface area contributed by atoms with Crippen LogP contribution in [0.25, 0.3) is 11.3 Å². The molecule has 0 spiro atoms. The van der Waals surface area contributed by atoms with Crippen LogP contribution in [0.4, 0.5) is 0 Å². The summed E-state index contributed by atoms with van der Waals surface area (Å²) < 4.78 is 1.88. The van der Waals surface area contributed by atoms with Crippen LogP contribution in [-0.2, 0) is 11.3 Å². The van der Waals surface area contributed by atoms with Gasteiger partial charge in [-0.3, -0.25) is 14.4 Å². The van der Waals surface area contributed by atoms with Crippen LogP contribution < -0.4 is 0 Å². The Morgan fingerprint density at radius 2 is 2.23 bits per heavy atom. The molecule has 7 nitrogen and oxygen atoms in total. The van der Waals surface area contributed by atoms with Crippen LogP contribution in [-0.4, -0.2) is 69.0 Å². The van der Waals surface area contributed by atoms with Gasteiger partial charge in [0.2, 0.25) is 5.91 Å². The molecule has 0 aliphatic carbocycles. The molecule has 4 heterocycles. The smallest absolute Gasteiger partial charge is 0.226 e. The molecular formula is C19H25N5O2. The average molecular weight is 355 g/mol. The minimum Gasteiger partial charge on any atom is -0.508 e. The fourth-order valence-corrected chi connectivity index (χ4v) is 4.34. The second-order valence-electron chi connectivity index (χ2n) is 7.65. The molecule has 1 N–H and O–H groups in total. The number of hydrogen-bond acceptors (Lipinski definition) is 5. The number of rotatable bonds is 4. The molecule has 0 radical (unpaired) electrons. The predicted molar refractivity (Wildman–Crippen MR) is 97.4 cm³/mol. The number of hydrogen-bond donors (Lipinski definition) is 1. The summed E-state index contributed by atoms with van der Waals surface area (Å²) >= 11 is 0. The lowest BCUT2D eigenvalue weighted by atomic mass is 9.75. The van der Waals surface area contributed by atoms with Crippen molar-refractivity contribution in [3.63, 3.8) is 0 Å². The Labute approximate surface area is 153 Å². The van der Waals surface area contributed by atoms with Crippen LogP contribution in [0.5, 0.6) is 5.75 Å². The van der Waals surface area contributed by atoms with E-state index in [9.17, 15) is 9.90 Å². The summed E-state index contributed by atoms with van der Waals surface area (Å²) in [5.41, 5.74) is 1.62. The lowest BCUT2D eigenvalue weighted by Crippen LogP contribution is -2.57. The van der Waals surface area contributed by atoms with E-state index in [1.165, 1.54) is 0 Å². The Balaban J connectivity index is 1.44. The molecule has 0 saturated carbocycles. The number of piperidine rings is 3. The summed E-state index contributed by atoms with van der Waals surface area (Å²) in [7, 11) is 3.69. The number of aromatic nitrogens is 3. The van der Waals surface area contributed by atoms with Crippen molar-refractivity contribution in [3.8, 4) is 17.0 Å². The van der Waals surface area contributed by atoms with Crippen molar-refractivity contribution in [1.29, 1.82) is 0 Å². The highest BCUT2D eigenvalue weighted by Gasteiger charge is 2.43. The Bertz CT molecular complexity index is 803. The number of benzene rings is 1. The first-order chi connectivity index (χ1) is 12.5. The number of carbonyl (C=O) groups excluding carboxylic acids is 1. The lowest BCUT2D eigenvalue weighted by Gasteiger charge is -2.49. The van der Waals surface area contributed by atoms with E-state index >= 15 is 0 Å². The van der Waals surface area contributed by atoms with Gasteiger partial charge in [0.1, 0.15) is 11.4 Å². The largest absolute Gasteiger partial charge is 0.508 e. The third-order valence-electron chi connectivity index (χ3n) is 5.71. The molecule has 5 rings (SSSR count). The molecule has 2 bridgehead atoms. The Morgan fingerprint density at radius 1 is 1.38 bits per heavy atom. The molecule has 1 aromatic carbocycles. The Hall–Kier alpha value is -2.41. The van der Waals surface area contributed by atoms with Crippen molar-refractivity contribution in [2.45, 2.75) is 25.4 Å². The van der Waals surface area contributed by atoms with Crippen LogP contribution in [0.3, 0.4) is 0 Å². The molecule has 4 atom stereocenters. The number of amides is 1. The van der Waals surface area contributed by atoms with Gasteiger partial charge in [0, 0.05) is 32.2 Å². The maximum absolute atomic E-state index is 12.4. The molecule has 3 aliphatic heterocycles. The highest BCUT2D eigenvalue weighted by Crippen LogP contribution is 2.37. The second kappa shape index (κ2) is 6.72. The van der Waals surface area contributed by atoms with Crippen LogP contribution in [0.1, 0.15) is 12.8 Å². The van der Waals surface area contributed by atoms with Crippen molar-refractivity contribution in [2.75, 3.05) is 27.2 Å². The van der Waals surface area contributed by atoms with Gasteiger partial charge in [-0.25, -0.2) is 0 Å². The van der Waals surface area contributed by atoms with E-state index in [0.717, 1.165) is 43.7 Å². The normalized spacial score (nSPS) is 27.5. The van der Waals surface area contributed by atoms with Gasteiger partial charge in [-0.05, 0) is 37.4 Å². The summed E-state index contributed by atoms with van der Waals surface area (Å²) in [6.07, 6.45) is 4.07. The van der Waals surface area contributed by atoms with Gasteiger partial charge in [-0.2, -0.15) is 0 Å². The first-order valence-corrected chi connectivity index (χ1v) is 9.16. The molecule has 26 heavy (non-hydrogen) atoms. The summed E-state index contributed by atoms with van der Waals surface area (Å²) in [6.45, 7) is 2.69. The van der Waals surface area contributed by atoms with Gasteiger partial charge in [-0.15, -0.1) is 5.10 Å². The molecule has 7 heteroatoms. The van der Waals surface area contributed by atoms with Crippen molar-refractivity contribution >= 4 is 5.91 Å². The van der Waals surface area contributed by atoms with E-state index in [4.69, 9.17) is 0 Å². The number of nitrogens with zero attached hydrogens (tertiary/aromatic N) is 5. The fraction of sp³-hybridized carbons (Fsp3) is 0.526. The lowest BCUT2D eigenvalue weighted by molar-refractivity contribution is -0.141. The van der Waals surface area contributed by atoms with Crippen LogP contribution in [0.15, 0.2) is 30.5 Å². The van der Waals surface area contributed by atoms with Gasteiger partial charge >= 0.3 is 0 Å². The van der Waals surface area contributed by atoms with Crippen molar-refractivity contribution in [1.82, 2.24) is 24.8 Å². The van der Waals surface area contributed by atoms with Gasteiger partial charge in [0.15, 0.2) is 0 Å². The van der Waals surface area contributed by atoms with E-state index in [1.54, 1.807) is 23.1 Å². The fourth-order valence-electron chi connectivity index (χ4n) is 4.34. The quantitative estimate of drug-likeness (QED) is 0.898. The molecule has 3 saturated heterocycles. The van der Waals surface area contributed by atoms with E-state index < -0.39 is 0 Å². The van der Waals surface area contributed by atoms with E-state index in [2.05, 4.69) is 15.2 Å². The maximum atomic E-state index is 12.4. The average Bonchev–Trinajstić information content (AvgIpc) is 3.10. The molecule has 1 amide bonds. The molecule has 2 unspecified atom stereocenters. The first-order valence-electron chi connectivity index (χ1n) is 9.16. The monoisotopic (exact) mass is 355 g/mol. The number of carbonyl (C=O) groups is 1. The van der Waals surface area contributed by atoms with Gasteiger partial charge in [0.25, 0.3) is 0 Å². The van der Waals surface area contributed by atoms with Crippen molar-refractivity contribution in [3.05, 3.63) is 30.5 Å². The van der Waals surface area contributed by atoms with Gasteiger partial charge in [0.05, 0.1) is 18.7 Å². The number of fused-ring (bicyclic) bond motifs is 3. The standard InChI is InChI=1S/C19H25N5O2/c1-22(2)19(26)17-11-23-7-6-13(17)8-15(23)10-24-12-18(20-21-24)14-4-3-5-16(25)9-14/h3-5,9,12-13,15,17,25H,6-8,10-11H2,1-2H3/t13?,15-,17+/m1/s1. The summed E-state index contributed by atoms with van der Waals surface area (Å²) in [4.78, 5) is 16.5. The third-order valence-corrected chi connectivity index (χ3v) is 5.71. The zero-order valence-electron chi connectivity index (χ0n) is 15.2. The Morgan fingerprint density at radius 3 is 2.92 bits per heavy atom. The summed E-state index contributed by atoms with van der Waals surface area (Å²) in [6, 6.07) is 7.46. The number of aromatic hydroxyl groups is 1. The summed E-state index contributed by atoms with van der Waals surface area (Å²) in [5.74, 6) is 1.08. The van der Waals surface area contributed by atoms with Crippen LogP contribution in [0.2, 0.25) is 0 Å². The zero-order chi connectivity index (χ0) is 18.3. The summed E-state index contributed by atoms with van der Waals surface area (Å²) in [5, 5.41) is 18.1. The number of phenolic OH excluding ortho intramolecular Hbond substituents is 1. The molecular weight excluding hydrogens is 330 g/mol. The van der Waals surface area contributed by atoms with E-state index in [0.29, 0.717) is 12.0 Å². The molecule has 3 aliphatic rings. The van der Waals surface area contributed by atoms with Gasteiger partial charge in [-0.1, -0.05) is 17.3 Å².